The van der Waals surface area contributed by atoms with Gasteiger partial charge >= 0.3 is 0 Å². The Morgan fingerprint density at radius 1 is 1.32 bits per heavy atom. The number of nitro groups is 1. The van der Waals surface area contributed by atoms with Gasteiger partial charge in [-0.1, -0.05) is 13.3 Å². The molecule has 0 unspecified atom stereocenters. The maximum atomic E-state index is 10.7. The zero-order valence-corrected chi connectivity index (χ0v) is 10.8. The number of nitro benzene ring substituents is 1. The van der Waals surface area contributed by atoms with Crippen LogP contribution in [0.25, 0.3) is 0 Å². The third-order valence-corrected chi connectivity index (χ3v) is 2.46. The molecule has 0 fully saturated rings. The first-order valence-corrected chi connectivity index (χ1v) is 6.13. The Kier molecular flexibility index (Phi) is 6.52. The molecule has 1 rings (SSSR count). The van der Waals surface area contributed by atoms with E-state index in [1.807, 2.05) is 0 Å². The molecule has 0 aliphatic heterocycles. The van der Waals surface area contributed by atoms with Crippen molar-refractivity contribution in [3.05, 3.63) is 33.9 Å². The van der Waals surface area contributed by atoms with Crippen LogP contribution in [0.5, 0.6) is 5.75 Å². The lowest BCUT2D eigenvalue weighted by Crippen LogP contribution is -2.07. The topological polar surface area (TPSA) is 78.7 Å². The van der Waals surface area contributed by atoms with Crippen molar-refractivity contribution in [2.24, 2.45) is 0 Å². The summed E-state index contributed by atoms with van der Waals surface area (Å²) < 4.78 is 10.7. The van der Waals surface area contributed by atoms with Gasteiger partial charge in [0.2, 0.25) is 0 Å². The normalized spacial score (nSPS) is 10.2. The second kappa shape index (κ2) is 8.20. The third kappa shape index (κ3) is 5.05. The summed E-state index contributed by atoms with van der Waals surface area (Å²) >= 11 is 0. The van der Waals surface area contributed by atoms with Crippen molar-refractivity contribution in [2.75, 3.05) is 19.8 Å². The van der Waals surface area contributed by atoms with Gasteiger partial charge < -0.3 is 9.47 Å². The van der Waals surface area contributed by atoms with E-state index in [0.717, 1.165) is 12.8 Å². The highest BCUT2D eigenvalue weighted by Gasteiger charge is 2.13. The van der Waals surface area contributed by atoms with Crippen molar-refractivity contribution >= 4 is 12.0 Å². The summed E-state index contributed by atoms with van der Waals surface area (Å²) in [6.07, 6.45) is 2.53. The average Bonchev–Trinajstić information content (AvgIpc) is 2.42. The Morgan fingerprint density at radius 3 is 2.74 bits per heavy atom. The molecule has 0 heterocycles. The minimum atomic E-state index is -0.596. The third-order valence-electron chi connectivity index (χ3n) is 2.46. The number of hydrogen-bond donors (Lipinski definition) is 0. The number of aldehydes is 1. The van der Waals surface area contributed by atoms with E-state index in [1.54, 1.807) is 0 Å². The van der Waals surface area contributed by atoms with E-state index in [4.69, 9.17) is 9.47 Å². The van der Waals surface area contributed by atoms with Gasteiger partial charge in [-0.3, -0.25) is 14.9 Å². The van der Waals surface area contributed by atoms with Gasteiger partial charge in [-0.25, -0.2) is 0 Å². The van der Waals surface area contributed by atoms with E-state index in [1.165, 1.54) is 18.2 Å². The molecule has 0 saturated carbocycles. The molecule has 0 radical (unpaired) electrons. The standard InChI is InChI=1S/C13H17NO5/c1-2-3-6-18-7-8-19-12-4-5-13(14(16)17)11(9-12)10-15/h4-5,9-10H,2-3,6-8H2,1H3. The summed E-state index contributed by atoms with van der Waals surface area (Å²) in [5.74, 6) is 0.423. The molecule has 0 aliphatic carbocycles. The summed E-state index contributed by atoms with van der Waals surface area (Å²) in [6, 6.07) is 4.09. The smallest absolute Gasteiger partial charge is 0.280 e. The number of carbonyl (C=O) groups is 1. The molecule has 6 nitrogen and oxygen atoms in total. The monoisotopic (exact) mass is 267 g/mol. The van der Waals surface area contributed by atoms with Crippen molar-refractivity contribution in [2.45, 2.75) is 19.8 Å². The zero-order chi connectivity index (χ0) is 14.1. The first kappa shape index (κ1) is 15.1. The van der Waals surface area contributed by atoms with E-state index >= 15 is 0 Å². The summed E-state index contributed by atoms with van der Waals surface area (Å²) in [7, 11) is 0. The fourth-order valence-electron chi connectivity index (χ4n) is 1.45. The van der Waals surface area contributed by atoms with Gasteiger partial charge in [-0.15, -0.1) is 0 Å². The van der Waals surface area contributed by atoms with Crippen LogP contribution in [0.4, 0.5) is 5.69 Å². The van der Waals surface area contributed by atoms with Crippen LogP contribution >= 0.6 is 0 Å². The quantitative estimate of drug-likeness (QED) is 0.297. The second-order valence-electron chi connectivity index (χ2n) is 3.91. The molecule has 0 aromatic heterocycles. The Bertz CT molecular complexity index is 433. The van der Waals surface area contributed by atoms with Crippen molar-refractivity contribution < 1.29 is 19.2 Å². The SMILES string of the molecule is CCCCOCCOc1ccc([N+](=O)[O-])c(C=O)c1. The number of ether oxygens (including phenoxy) is 2. The first-order valence-electron chi connectivity index (χ1n) is 6.13. The van der Waals surface area contributed by atoms with Crippen molar-refractivity contribution in [3.8, 4) is 5.75 Å². The number of benzene rings is 1. The van der Waals surface area contributed by atoms with Gasteiger partial charge in [0.15, 0.2) is 6.29 Å². The fourth-order valence-corrected chi connectivity index (χ4v) is 1.45. The lowest BCUT2D eigenvalue weighted by atomic mass is 10.2. The average molecular weight is 267 g/mol. The van der Waals surface area contributed by atoms with E-state index in [9.17, 15) is 14.9 Å². The van der Waals surface area contributed by atoms with Gasteiger partial charge in [0.25, 0.3) is 5.69 Å². The van der Waals surface area contributed by atoms with Crippen LogP contribution in [-0.4, -0.2) is 31.0 Å². The van der Waals surface area contributed by atoms with Crippen LogP contribution < -0.4 is 4.74 Å². The molecule has 104 valence electrons. The molecule has 6 heteroatoms. The van der Waals surface area contributed by atoms with Gasteiger partial charge in [0, 0.05) is 12.7 Å². The fraction of sp³-hybridized carbons (Fsp3) is 0.462. The van der Waals surface area contributed by atoms with Crippen LogP contribution in [0.15, 0.2) is 18.2 Å². The Labute approximate surface area is 111 Å². The molecule has 0 aliphatic rings. The number of carbonyl (C=O) groups excluding carboxylic acids is 1. The molecule has 0 saturated heterocycles. The summed E-state index contributed by atoms with van der Waals surface area (Å²) in [6.45, 7) is 3.57. The van der Waals surface area contributed by atoms with E-state index in [-0.39, 0.29) is 11.3 Å². The van der Waals surface area contributed by atoms with Gasteiger partial charge in [-0.2, -0.15) is 0 Å². The maximum absolute atomic E-state index is 10.7. The zero-order valence-electron chi connectivity index (χ0n) is 10.8. The van der Waals surface area contributed by atoms with Gasteiger partial charge in [0.05, 0.1) is 17.1 Å². The molecular formula is C13H17NO5. The minimum Gasteiger partial charge on any atom is -0.491 e. The number of unbranched alkanes of at least 4 members (excludes halogenated alkanes) is 1. The summed E-state index contributed by atoms with van der Waals surface area (Å²) in [5, 5.41) is 10.6. The molecule has 0 atom stereocenters. The second-order valence-corrected chi connectivity index (χ2v) is 3.91. The van der Waals surface area contributed by atoms with Gasteiger partial charge in [0.1, 0.15) is 12.4 Å². The van der Waals surface area contributed by atoms with Crippen LogP contribution in [-0.2, 0) is 4.74 Å². The molecule has 0 N–H and O–H groups in total. The maximum Gasteiger partial charge on any atom is 0.280 e. The van der Waals surface area contributed by atoms with Crippen LogP contribution in [0.1, 0.15) is 30.1 Å². The number of hydrogen-bond acceptors (Lipinski definition) is 5. The summed E-state index contributed by atoms with van der Waals surface area (Å²) in [5.41, 5.74) is -0.212. The number of rotatable bonds is 9. The van der Waals surface area contributed by atoms with E-state index in [0.29, 0.717) is 31.9 Å². The first-order chi connectivity index (χ1) is 9.19. The van der Waals surface area contributed by atoms with Crippen LogP contribution in [0, 0.1) is 10.1 Å². The molecule has 0 spiro atoms. The van der Waals surface area contributed by atoms with Gasteiger partial charge in [-0.05, 0) is 18.6 Å². The Morgan fingerprint density at radius 2 is 2.11 bits per heavy atom. The lowest BCUT2D eigenvalue weighted by Gasteiger charge is -2.07. The highest BCUT2D eigenvalue weighted by Crippen LogP contribution is 2.22. The largest absolute Gasteiger partial charge is 0.491 e. The predicted molar refractivity (Wildman–Crippen MR) is 69.7 cm³/mol. The highest BCUT2D eigenvalue weighted by atomic mass is 16.6. The molecule has 0 bridgehead atoms. The van der Waals surface area contributed by atoms with E-state index in [2.05, 4.69) is 6.92 Å². The lowest BCUT2D eigenvalue weighted by molar-refractivity contribution is -0.385. The predicted octanol–water partition coefficient (Wildman–Crippen LogP) is 2.60. The van der Waals surface area contributed by atoms with Crippen molar-refractivity contribution in [1.29, 1.82) is 0 Å². The highest BCUT2D eigenvalue weighted by molar-refractivity contribution is 5.82. The van der Waals surface area contributed by atoms with Crippen molar-refractivity contribution in [3.63, 3.8) is 0 Å². The van der Waals surface area contributed by atoms with Crippen LogP contribution in [0.2, 0.25) is 0 Å². The van der Waals surface area contributed by atoms with Crippen LogP contribution in [0.3, 0.4) is 0 Å². The molecule has 1 aromatic rings. The van der Waals surface area contributed by atoms with E-state index < -0.39 is 4.92 Å². The summed E-state index contributed by atoms with van der Waals surface area (Å²) in [4.78, 5) is 20.8. The molecule has 0 amide bonds. The molecular weight excluding hydrogens is 250 g/mol. The Balaban J connectivity index is 2.47. The molecule has 1 aromatic carbocycles. The molecule has 19 heavy (non-hydrogen) atoms. The number of nitrogens with zero attached hydrogens (tertiary/aromatic N) is 1. The van der Waals surface area contributed by atoms with Crippen molar-refractivity contribution in [1.82, 2.24) is 0 Å². The Hall–Kier alpha value is -1.95. The minimum absolute atomic E-state index is 0.00870.